The molecule has 0 bridgehead atoms. The van der Waals surface area contributed by atoms with E-state index in [2.05, 4.69) is 15.4 Å². The highest BCUT2D eigenvalue weighted by Gasteiger charge is 2.15. The fourth-order valence-electron chi connectivity index (χ4n) is 3.00. The summed E-state index contributed by atoms with van der Waals surface area (Å²) in [5, 5.41) is 6.15. The molecule has 3 N–H and O–H groups in total. The van der Waals surface area contributed by atoms with E-state index < -0.39 is 10.0 Å². The van der Waals surface area contributed by atoms with Crippen molar-refractivity contribution in [2.45, 2.75) is 62.8 Å². The Morgan fingerprint density at radius 3 is 2.28 bits per heavy atom. The molecule has 1 fully saturated rings. The summed E-state index contributed by atoms with van der Waals surface area (Å²) in [6.07, 6.45) is 7.86. The summed E-state index contributed by atoms with van der Waals surface area (Å²) in [5.74, 6) is -0.0988. The molecule has 0 saturated heterocycles. The lowest BCUT2D eigenvalue weighted by Crippen LogP contribution is -2.36. The minimum absolute atomic E-state index is 0.0988. The van der Waals surface area contributed by atoms with Crippen LogP contribution in [0.2, 0.25) is 0 Å². The van der Waals surface area contributed by atoms with Crippen molar-refractivity contribution in [1.82, 2.24) is 10.0 Å². The SMILES string of the molecule is CCC(=O)Nc1ccc(S(=O)(=O)NCCNC2CCCCCC2)cc1. The Morgan fingerprint density at radius 1 is 1.04 bits per heavy atom. The molecule has 1 aromatic carbocycles. The molecule has 7 heteroatoms. The molecule has 0 aromatic heterocycles. The molecule has 2 rings (SSSR count). The van der Waals surface area contributed by atoms with E-state index in [0.717, 1.165) is 0 Å². The molecular weight excluding hydrogens is 338 g/mol. The van der Waals surface area contributed by atoms with Crippen molar-refractivity contribution in [1.29, 1.82) is 0 Å². The van der Waals surface area contributed by atoms with Gasteiger partial charge in [-0.25, -0.2) is 13.1 Å². The summed E-state index contributed by atoms with van der Waals surface area (Å²) < 4.78 is 27.2. The molecule has 0 spiro atoms. The van der Waals surface area contributed by atoms with Crippen LogP contribution >= 0.6 is 0 Å². The third-order valence-electron chi connectivity index (χ3n) is 4.47. The Morgan fingerprint density at radius 2 is 1.68 bits per heavy atom. The summed E-state index contributed by atoms with van der Waals surface area (Å²) in [6.45, 7) is 2.77. The van der Waals surface area contributed by atoms with E-state index in [-0.39, 0.29) is 10.8 Å². The molecular formula is C18H29N3O3S. The van der Waals surface area contributed by atoms with Crippen LogP contribution in [0.5, 0.6) is 0 Å². The highest BCUT2D eigenvalue weighted by molar-refractivity contribution is 7.89. The van der Waals surface area contributed by atoms with Gasteiger partial charge in [0, 0.05) is 31.2 Å². The molecule has 1 aliphatic rings. The largest absolute Gasteiger partial charge is 0.326 e. The van der Waals surface area contributed by atoms with Crippen molar-refractivity contribution in [2.75, 3.05) is 18.4 Å². The minimum Gasteiger partial charge on any atom is -0.326 e. The zero-order valence-electron chi connectivity index (χ0n) is 14.9. The van der Waals surface area contributed by atoms with Gasteiger partial charge in [0.1, 0.15) is 0 Å². The number of carbonyl (C=O) groups excluding carboxylic acids is 1. The lowest BCUT2D eigenvalue weighted by Gasteiger charge is -2.16. The first-order chi connectivity index (χ1) is 12.0. The summed E-state index contributed by atoms with van der Waals surface area (Å²) in [6, 6.07) is 6.73. The first kappa shape index (κ1) is 19.9. The quantitative estimate of drug-likeness (QED) is 0.487. The molecule has 25 heavy (non-hydrogen) atoms. The van der Waals surface area contributed by atoms with Crippen LogP contribution in [-0.4, -0.2) is 33.5 Å². The van der Waals surface area contributed by atoms with Gasteiger partial charge in [0.2, 0.25) is 15.9 Å². The van der Waals surface area contributed by atoms with Crippen molar-refractivity contribution >= 4 is 21.6 Å². The third kappa shape index (κ3) is 6.76. The standard InChI is InChI=1S/C18H29N3O3S/c1-2-18(22)21-16-9-11-17(12-10-16)25(23,24)20-14-13-19-15-7-5-3-4-6-8-15/h9-12,15,19-20H,2-8,13-14H2,1H3,(H,21,22). The van der Waals surface area contributed by atoms with Gasteiger partial charge in [0.05, 0.1) is 4.90 Å². The lowest BCUT2D eigenvalue weighted by atomic mass is 10.1. The van der Waals surface area contributed by atoms with Gasteiger partial charge in [0.25, 0.3) is 0 Å². The van der Waals surface area contributed by atoms with Crippen LogP contribution in [0.15, 0.2) is 29.2 Å². The van der Waals surface area contributed by atoms with Gasteiger partial charge < -0.3 is 10.6 Å². The van der Waals surface area contributed by atoms with Crippen LogP contribution in [0.25, 0.3) is 0 Å². The number of anilines is 1. The summed E-state index contributed by atoms with van der Waals surface area (Å²) >= 11 is 0. The molecule has 1 saturated carbocycles. The van der Waals surface area contributed by atoms with Crippen LogP contribution in [0.1, 0.15) is 51.9 Å². The molecule has 1 aliphatic carbocycles. The Bertz CT molecular complexity index is 636. The molecule has 6 nitrogen and oxygen atoms in total. The zero-order valence-corrected chi connectivity index (χ0v) is 15.7. The first-order valence-corrected chi connectivity index (χ1v) is 10.6. The monoisotopic (exact) mass is 367 g/mol. The first-order valence-electron chi connectivity index (χ1n) is 9.14. The number of sulfonamides is 1. The Kier molecular flexibility index (Phi) is 7.87. The molecule has 0 aliphatic heterocycles. The summed E-state index contributed by atoms with van der Waals surface area (Å²) in [4.78, 5) is 11.5. The number of hydrogen-bond donors (Lipinski definition) is 3. The van der Waals surface area contributed by atoms with Gasteiger partial charge in [0.15, 0.2) is 0 Å². The van der Waals surface area contributed by atoms with Crippen LogP contribution in [0, 0.1) is 0 Å². The van der Waals surface area contributed by atoms with Crippen LogP contribution in [0.3, 0.4) is 0 Å². The maximum Gasteiger partial charge on any atom is 0.240 e. The fraction of sp³-hybridized carbons (Fsp3) is 0.611. The van der Waals surface area contributed by atoms with Gasteiger partial charge >= 0.3 is 0 Å². The predicted octanol–water partition coefficient (Wildman–Crippen LogP) is 2.63. The second-order valence-corrected chi connectivity index (χ2v) is 8.23. The number of hydrogen-bond acceptors (Lipinski definition) is 4. The number of carbonyl (C=O) groups is 1. The average molecular weight is 368 g/mol. The average Bonchev–Trinajstić information content (AvgIpc) is 2.88. The lowest BCUT2D eigenvalue weighted by molar-refractivity contribution is -0.115. The van der Waals surface area contributed by atoms with E-state index in [4.69, 9.17) is 0 Å². The van der Waals surface area contributed by atoms with Gasteiger partial charge in [-0.1, -0.05) is 32.6 Å². The van der Waals surface area contributed by atoms with Gasteiger partial charge in [-0.3, -0.25) is 4.79 Å². The molecule has 0 heterocycles. The van der Waals surface area contributed by atoms with Crippen LogP contribution < -0.4 is 15.4 Å². The van der Waals surface area contributed by atoms with Crippen molar-refractivity contribution in [3.05, 3.63) is 24.3 Å². The summed E-state index contributed by atoms with van der Waals surface area (Å²) in [7, 11) is -3.52. The van der Waals surface area contributed by atoms with Gasteiger partial charge in [-0.05, 0) is 37.1 Å². The van der Waals surface area contributed by atoms with Crippen LogP contribution in [-0.2, 0) is 14.8 Å². The second kappa shape index (κ2) is 9.89. The Hall–Kier alpha value is -1.44. The van der Waals surface area contributed by atoms with E-state index in [9.17, 15) is 13.2 Å². The molecule has 1 amide bonds. The van der Waals surface area contributed by atoms with Crippen molar-refractivity contribution in [2.24, 2.45) is 0 Å². The second-order valence-electron chi connectivity index (χ2n) is 6.47. The molecule has 1 aromatic rings. The molecule has 140 valence electrons. The van der Waals surface area contributed by atoms with Crippen molar-refractivity contribution < 1.29 is 13.2 Å². The van der Waals surface area contributed by atoms with Gasteiger partial charge in [-0.2, -0.15) is 0 Å². The predicted molar refractivity (Wildman–Crippen MR) is 100 cm³/mol. The zero-order chi connectivity index (χ0) is 18.1. The van der Waals surface area contributed by atoms with E-state index >= 15 is 0 Å². The Labute approximate surface area is 150 Å². The molecule has 0 atom stereocenters. The highest BCUT2D eigenvalue weighted by Crippen LogP contribution is 2.17. The van der Waals surface area contributed by atoms with E-state index in [1.165, 1.54) is 50.7 Å². The third-order valence-corrected chi connectivity index (χ3v) is 5.95. The Balaban J connectivity index is 1.79. The normalized spacial score (nSPS) is 16.4. The molecule has 0 unspecified atom stereocenters. The van der Waals surface area contributed by atoms with E-state index in [0.29, 0.717) is 31.2 Å². The van der Waals surface area contributed by atoms with Crippen molar-refractivity contribution in [3.8, 4) is 0 Å². The number of nitrogens with one attached hydrogen (secondary N) is 3. The fourth-order valence-corrected chi connectivity index (χ4v) is 4.03. The topological polar surface area (TPSA) is 87.3 Å². The van der Waals surface area contributed by atoms with E-state index in [1.54, 1.807) is 19.1 Å². The number of rotatable bonds is 8. The maximum absolute atomic E-state index is 12.3. The maximum atomic E-state index is 12.3. The van der Waals surface area contributed by atoms with Crippen molar-refractivity contribution in [3.63, 3.8) is 0 Å². The smallest absolute Gasteiger partial charge is 0.240 e. The van der Waals surface area contributed by atoms with Gasteiger partial charge in [-0.15, -0.1) is 0 Å². The molecule has 0 radical (unpaired) electrons. The van der Waals surface area contributed by atoms with Crippen LogP contribution in [0.4, 0.5) is 5.69 Å². The number of benzene rings is 1. The minimum atomic E-state index is -3.52. The summed E-state index contributed by atoms with van der Waals surface area (Å²) in [5.41, 5.74) is 0.598. The highest BCUT2D eigenvalue weighted by atomic mass is 32.2. The number of amides is 1. The van der Waals surface area contributed by atoms with E-state index in [1.807, 2.05) is 0 Å².